The molecule has 36 heavy (non-hydrogen) atoms. The molecule has 1 aromatic rings. The lowest BCUT2D eigenvalue weighted by molar-refractivity contribution is -0.228. The molecule has 6 aliphatic rings. The Labute approximate surface area is 223 Å². The van der Waals surface area contributed by atoms with Crippen molar-refractivity contribution in [2.24, 2.45) is 22.7 Å². The van der Waals surface area contributed by atoms with E-state index in [0.717, 1.165) is 70.7 Å². The molecule has 4 fully saturated rings. The van der Waals surface area contributed by atoms with Crippen molar-refractivity contribution in [3.8, 4) is 0 Å². The number of hydrogen-bond donors (Lipinski definition) is 0. The molecule has 1 aromatic carbocycles. The predicted molar refractivity (Wildman–Crippen MR) is 145 cm³/mol. The largest absolute Gasteiger partial charge is 0.347 e. The summed E-state index contributed by atoms with van der Waals surface area (Å²) < 4.78 is 25.2. The summed E-state index contributed by atoms with van der Waals surface area (Å²) in [5.74, 6) is 1.65. The smallest absolute Gasteiger partial charge is 0.174 e. The molecular weight excluding hydrogens is 488 g/mol. The lowest BCUT2D eigenvalue weighted by atomic mass is 9.50. The van der Waals surface area contributed by atoms with Crippen LogP contribution >= 0.6 is 21.6 Å². The Morgan fingerprint density at radius 3 is 2.50 bits per heavy atom. The number of allylic oxidation sites excluding steroid dienone is 3. The highest BCUT2D eigenvalue weighted by atomic mass is 33.1. The lowest BCUT2D eigenvalue weighted by Crippen LogP contribution is -2.52. The van der Waals surface area contributed by atoms with Crippen LogP contribution in [0.1, 0.15) is 58.3 Å². The standard InChI is InChI=1S/C30H38O4S2/c1-27-11-9-26-24(25(27)10-12-30(27)33-18-19-34-30)8-7-22-21-29(31-16-17-32-29)14-13-28(22,26)15-20-35-36-23-5-3-2-4-6-23/h2-7,9,24-25H,8,10-21H2,1H3/t24-,25-,27-,28+/m0/s1. The van der Waals surface area contributed by atoms with Gasteiger partial charge in [-0.05, 0) is 56.1 Å². The Morgan fingerprint density at radius 1 is 0.917 bits per heavy atom. The summed E-state index contributed by atoms with van der Waals surface area (Å²) in [7, 11) is 3.92. The molecule has 0 radical (unpaired) electrons. The summed E-state index contributed by atoms with van der Waals surface area (Å²) in [6.07, 6.45) is 14.0. The first kappa shape index (κ1) is 24.3. The van der Waals surface area contributed by atoms with Gasteiger partial charge in [0, 0.05) is 40.7 Å². The molecule has 6 heteroatoms. The van der Waals surface area contributed by atoms with Gasteiger partial charge in [-0.25, -0.2) is 0 Å². The molecule has 4 aliphatic carbocycles. The Morgan fingerprint density at radius 2 is 1.69 bits per heavy atom. The summed E-state index contributed by atoms with van der Waals surface area (Å²) in [4.78, 5) is 1.34. The molecule has 2 saturated heterocycles. The molecule has 7 rings (SSSR count). The van der Waals surface area contributed by atoms with Crippen LogP contribution in [-0.2, 0) is 18.9 Å². The third-order valence-corrected chi connectivity index (χ3v) is 12.7. The first-order valence-electron chi connectivity index (χ1n) is 13.9. The minimum atomic E-state index is -0.374. The molecule has 4 atom stereocenters. The fourth-order valence-corrected chi connectivity index (χ4v) is 10.8. The molecule has 194 valence electrons. The van der Waals surface area contributed by atoms with E-state index in [1.165, 1.54) is 17.7 Å². The Kier molecular flexibility index (Phi) is 6.19. The van der Waals surface area contributed by atoms with Crippen LogP contribution in [0.25, 0.3) is 0 Å². The average Bonchev–Trinajstić information content (AvgIpc) is 3.64. The molecule has 0 bridgehead atoms. The van der Waals surface area contributed by atoms with Gasteiger partial charge in [-0.15, -0.1) is 0 Å². The van der Waals surface area contributed by atoms with Gasteiger partial charge in [-0.2, -0.15) is 0 Å². The zero-order valence-electron chi connectivity index (χ0n) is 21.3. The zero-order chi connectivity index (χ0) is 24.3. The van der Waals surface area contributed by atoms with Crippen LogP contribution < -0.4 is 0 Å². The third kappa shape index (κ3) is 3.65. The van der Waals surface area contributed by atoms with Crippen molar-refractivity contribution in [1.82, 2.24) is 0 Å². The molecular formula is C30H38O4S2. The Hall–Kier alpha value is -0.760. The predicted octanol–water partition coefficient (Wildman–Crippen LogP) is 7.17. The second kappa shape index (κ2) is 9.17. The number of ether oxygens (including phenoxy) is 4. The molecule has 2 aliphatic heterocycles. The lowest BCUT2D eigenvalue weighted by Gasteiger charge is -2.56. The summed E-state index contributed by atoms with van der Waals surface area (Å²) in [6.45, 7) is 5.42. The van der Waals surface area contributed by atoms with Crippen molar-refractivity contribution in [2.75, 3.05) is 32.2 Å². The molecule has 2 spiro atoms. The van der Waals surface area contributed by atoms with Crippen molar-refractivity contribution in [2.45, 2.75) is 74.8 Å². The first-order chi connectivity index (χ1) is 17.6. The third-order valence-electron chi connectivity index (χ3n) is 10.4. The average molecular weight is 527 g/mol. The van der Waals surface area contributed by atoms with E-state index in [9.17, 15) is 0 Å². The van der Waals surface area contributed by atoms with Crippen LogP contribution in [0.5, 0.6) is 0 Å². The first-order valence-corrected chi connectivity index (χ1v) is 16.2. The van der Waals surface area contributed by atoms with Crippen molar-refractivity contribution in [3.05, 3.63) is 53.6 Å². The summed E-state index contributed by atoms with van der Waals surface area (Å²) in [6, 6.07) is 10.8. The van der Waals surface area contributed by atoms with Crippen molar-refractivity contribution < 1.29 is 18.9 Å². The highest BCUT2D eigenvalue weighted by Gasteiger charge is 2.65. The van der Waals surface area contributed by atoms with Gasteiger partial charge in [0.1, 0.15) is 0 Å². The van der Waals surface area contributed by atoms with Crippen LogP contribution in [0.2, 0.25) is 0 Å². The minimum Gasteiger partial charge on any atom is -0.347 e. The van der Waals surface area contributed by atoms with E-state index in [-0.39, 0.29) is 22.4 Å². The normalized spacial score (nSPS) is 37.9. The maximum atomic E-state index is 6.36. The van der Waals surface area contributed by atoms with Gasteiger partial charge in [0.2, 0.25) is 0 Å². The fourth-order valence-electron chi connectivity index (χ4n) is 8.60. The van der Waals surface area contributed by atoms with E-state index < -0.39 is 0 Å². The molecule has 0 aromatic heterocycles. The van der Waals surface area contributed by atoms with E-state index in [4.69, 9.17) is 18.9 Å². The number of rotatable bonds is 5. The van der Waals surface area contributed by atoms with Gasteiger partial charge >= 0.3 is 0 Å². The highest BCUT2D eigenvalue weighted by Crippen LogP contribution is 2.68. The van der Waals surface area contributed by atoms with Gasteiger partial charge < -0.3 is 18.9 Å². The number of hydrogen-bond acceptors (Lipinski definition) is 6. The van der Waals surface area contributed by atoms with E-state index in [0.29, 0.717) is 11.8 Å². The number of benzene rings is 1. The van der Waals surface area contributed by atoms with Gasteiger partial charge in [-0.3, -0.25) is 0 Å². The van der Waals surface area contributed by atoms with Gasteiger partial charge in [0.25, 0.3) is 0 Å². The summed E-state index contributed by atoms with van der Waals surface area (Å²) in [5, 5.41) is 0. The monoisotopic (exact) mass is 526 g/mol. The maximum absolute atomic E-state index is 6.36. The Bertz CT molecular complexity index is 1040. The van der Waals surface area contributed by atoms with Crippen LogP contribution in [0.15, 0.2) is 58.5 Å². The van der Waals surface area contributed by atoms with Gasteiger partial charge in [-0.1, -0.05) is 70.0 Å². The van der Waals surface area contributed by atoms with Crippen LogP contribution in [-0.4, -0.2) is 43.8 Å². The quantitative estimate of drug-likeness (QED) is 0.230. The maximum Gasteiger partial charge on any atom is 0.174 e. The van der Waals surface area contributed by atoms with Gasteiger partial charge in [0.05, 0.1) is 26.4 Å². The van der Waals surface area contributed by atoms with E-state index in [1.807, 2.05) is 21.6 Å². The van der Waals surface area contributed by atoms with Crippen LogP contribution in [0.3, 0.4) is 0 Å². The van der Waals surface area contributed by atoms with Crippen LogP contribution in [0, 0.1) is 22.7 Å². The Balaban J connectivity index is 1.18. The van der Waals surface area contributed by atoms with E-state index in [2.05, 4.69) is 49.4 Å². The molecule has 0 unspecified atom stereocenters. The molecule has 0 N–H and O–H groups in total. The van der Waals surface area contributed by atoms with E-state index in [1.54, 1.807) is 11.1 Å². The van der Waals surface area contributed by atoms with Crippen molar-refractivity contribution in [3.63, 3.8) is 0 Å². The zero-order valence-corrected chi connectivity index (χ0v) is 23.0. The minimum absolute atomic E-state index is 0.0790. The topological polar surface area (TPSA) is 36.9 Å². The van der Waals surface area contributed by atoms with Gasteiger partial charge in [0.15, 0.2) is 11.6 Å². The van der Waals surface area contributed by atoms with E-state index >= 15 is 0 Å². The summed E-state index contributed by atoms with van der Waals surface area (Å²) >= 11 is 0. The molecule has 0 amide bonds. The van der Waals surface area contributed by atoms with Crippen molar-refractivity contribution in [1.29, 1.82) is 0 Å². The molecule has 4 nitrogen and oxygen atoms in total. The fraction of sp³-hybridized carbons (Fsp3) is 0.667. The number of fused-ring (bicyclic) bond motifs is 6. The summed E-state index contributed by atoms with van der Waals surface area (Å²) in [5.41, 5.74) is 3.56. The molecule has 2 saturated carbocycles. The highest BCUT2D eigenvalue weighted by molar-refractivity contribution is 8.76. The SMILES string of the molecule is C[C@]12CC=C3[C@@H](CC=C4CC5(CC[C@@]43CCSSc3ccccc3)OCCO5)[C@@H]1CCC21OCCO1. The van der Waals surface area contributed by atoms with Crippen LogP contribution in [0.4, 0.5) is 0 Å². The van der Waals surface area contributed by atoms with Crippen molar-refractivity contribution >= 4 is 21.6 Å². The molecule has 2 heterocycles. The second-order valence-corrected chi connectivity index (χ2v) is 14.3. The second-order valence-electron chi connectivity index (χ2n) is 11.8.